The third-order valence-electron chi connectivity index (χ3n) is 19.9. The number of urea groups is 1. The first kappa shape index (κ1) is 91.1. The van der Waals surface area contributed by atoms with Crippen LogP contribution >= 0.6 is 34.5 Å². The Kier molecular flexibility index (Phi) is 33.8. The molecule has 0 radical (unpaired) electrons. The Hall–Kier alpha value is -10.2. The number of carbonyl (C=O) groups excluding carboxylic acids is 10. The Morgan fingerprint density at radius 3 is 1.62 bits per heavy atom. The first-order chi connectivity index (χ1) is 57.3. The molecule has 1 aromatic heterocycles. The summed E-state index contributed by atoms with van der Waals surface area (Å²) in [6, 6.07) is 23.9. The van der Waals surface area contributed by atoms with Crippen molar-refractivity contribution in [2.45, 2.75) is 94.3 Å². The molecule has 38 heteroatoms. The number of hydrogen-bond acceptors (Lipinski definition) is 25. The van der Waals surface area contributed by atoms with Crippen LogP contribution in [0.2, 0.25) is 0 Å². The SMILES string of the molecule is CC(C)[C@H](NC(=O)CCOCCOCCOCCOCCOCCOCCN1C(=O)C=CC1=O)C(=O)N[C@@H](CCCNC(N)=O)C(=O)Nc1ccc(COC(=O)N(C)CCN(C)C(=O)Oc2cc3c(c4ccccc24)[C@H](CCl)CN3C(=O)c2ccc(C(=O)N3C[C@@H](CCl)c4c3cc(O[C@@H]3O[C@H](C(=O)O)[C@@H](O)[C@H](O)[C@@H]3O)c3ccccc43)s2)cc1. The predicted octanol–water partition coefficient (Wildman–Crippen LogP) is 5.42. The number of carbonyl (C=O) groups is 11. The lowest BCUT2D eigenvalue weighted by Gasteiger charge is -2.38. The van der Waals surface area contributed by atoms with E-state index in [0.29, 0.717) is 103 Å². The molecule has 4 aliphatic rings. The normalized spacial score (nSPS) is 18.5. The zero-order valence-electron chi connectivity index (χ0n) is 66.0. The summed E-state index contributed by atoms with van der Waals surface area (Å²) in [5.74, 6) is -5.63. The zero-order chi connectivity index (χ0) is 85.4. The van der Waals surface area contributed by atoms with Gasteiger partial charge in [0.25, 0.3) is 23.6 Å². The molecule has 0 saturated carbocycles. The van der Waals surface area contributed by atoms with Gasteiger partial charge in [-0.3, -0.25) is 38.5 Å². The molecule has 10 rings (SSSR count). The van der Waals surface area contributed by atoms with E-state index in [2.05, 4.69) is 21.3 Å². The van der Waals surface area contributed by atoms with Gasteiger partial charge in [-0.15, -0.1) is 34.5 Å². The monoisotopic (exact) mass is 1710 g/mol. The summed E-state index contributed by atoms with van der Waals surface area (Å²) in [5.41, 5.74) is 8.42. The van der Waals surface area contributed by atoms with Crippen LogP contribution in [0.4, 0.5) is 31.4 Å². The van der Waals surface area contributed by atoms with Crippen molar-refractivity contribution >= 4 is 139 Å². The van der Waals surface area contributed by atoms with Gasteiger partial charge in [-0.05, 0) is 70.5 Å². The van der Waals surface area contributed by atoms with Gasteiger partial charge in [-0.2, -0.15) is 0 Å². The Morgan fingerprint density at radius 1 is 0.613 bits per heavy atom. The number of aliphatic hydroxyl groups excluding tert-OH is 3. The highest BCUT2D eigenvalue weighted by molar-refractivity contribution is 7.16. The van der Waals surface area contributed by atoms with Crippen LogP contribution in [0.15, 0.2) is 109 Å². The van der Waals surface area contributed by atoms with E-state index in [-0.39, 0.29) is 148 Å². The maximum absolute atomic E-state index is 14.9. The molecule has 35 nitrogen and oxygen atoms in total. The highest BCUT2D eigenvalue weighted by atomic mass is 35.5. The second-order valence-electron chi connectivity index (χ2n) is 28.6. The number of thiophene rings is 1. The summed E-state index contributed by atoms with van der Waals surface area (Å²) in [6.07, 6.45) is -8.26. The van der Waals surface area contributed by atoms with Crippen LogP contribution in [0.5, 0.6) is 11.5 Å². The number of hydrogen-bond donors (Lipinski definition) is 9. The predicted molar refractivity (Wildman–Crippen MR) is 435 cm³/mol. The minimum atomic E-state index is -1.96. The molecule has 1 saturated heterocycles. The largest absolute Gasteiger partial charge is 0.479 e. The molecular weight excluding hydrogens is 1620 g/mol. The van der Waals surface area contributed by atoms with E-state index in [1.165, 1.54) is 51.9 Å². The summed E-state index contributed by atoms with van der Waals surface area (Å²) in [5, 5.41) is 54.7. The van der Waals surface area contributed by atoms with Crippen molar-refractivity contribution in [1.29, 1.82) is 0 Å². The fourth-order valence-corrected chi connectivity index (χ4v) is 15.0. The molecule has 119 heavy (non-hydrogen) atoms. The molecule has 0 unspecified atom stereocenters. The van der Waals surface area contributed by atoms with E-state index >= 15 is 0 Å². The average Bonchev–Trinajstić information content (AvgIpc) is 1.61. The number of nitrogens with two attached hydrogens (primary N) is 1. The number of nitrogens with zero attached hydrogens (tertiary/aromatic N) is 5. The molecule has 6 aromatic rings. The Balaban J connectivity index is 0.655. The Bertz CT molecular complexity index is 4600. The highest BCUT2D eigenvalue weighted by Gasteiger charge is 2.49. The van der Waals surface area contributed by atoms with Crippen molar-refractivity contribution in [2.24, 2.45) is 11.7 Å². The number of aliphatic hydroxyl groups is 3. The molecule has 0 spiro atoms. The lowest BCUT2D eigenvalue weighted by atomic mass is 9.95. The van der Waals surface area contributed by atoms with Crippen molar-refractivity contribution in [3.8, 4) is 11.5 Å². The maximum atomic E-state index is 14.9. The zero-order valence-corrected chi connectivity index (χ0v) is 68.3. The van der Waals surface area contributed by atoms with Gasteiger partial charge < -0.3 is 114 Å². The number of carboxylic acids is 1. The topological polar surface area (TPSA) is 451 Å². The van der Waals surface area contributed by atoms with Crippen LogP contribution in [0.3, 0.4) is 0 Å². The molecule has 5 heterocycles. The van der Waals surface area contributed by atoms with Crippen molar-refractivity contribution in [3.05, 3.63) is 136 Å². The number of carboxylic acid groups (broad SMARTS) is 1. The average molecular weight is 1710 g/mol. The number of aliphatic carboxylic acids is 1. The first-order valence-corrected chi connectivity index (χ1v) is 40.5. The molecule has 4 aliphatic heterocycles. The van der Waals surface area contributed by atoms with Crippen LogP contribution < -0.4 is 46.3 Å². The standard InChI is InChI=1S/C81H98Cl2N10O25S/c1-47(2)68(88-63(94)23-28-109-30-32-111-34-36-113-38-39-114-37-35-112-33-31-110-29-27-91-64(95)21-22-65(91)96)74(101)87-56(14-9-24-85-79(84)106)73(100)86-51-17-15-48(16-18-51)46-115-80(107)89(3)25-26-90(4)81(108)117-60-41-58-67(55-13-8-6-11-53(55)60)50(43-83)45-93(58)76(103)62-20-19-61(119-62)75(102)92-44-49(42-82)66-54-12-7-5-10-52(54)59(40-57(66)92)116-78-71(99)69(97)70(98)72(118-78)77(104)105/h5-8,10-13,15-22,40-41,47,49-50,56,68-72,78,97-99H,9,14,23-39,42-46H2,1-4H3,(H,86,100)(H,87,101)(H,88,94)(H,104,105)(H3,84,85,106)/t49-,50-,56+,68+,69+,70+,71+,72+,78-/m1/s1. The van der Waals surface area contributed by atoms with Gasteiger partial charge in [0.2, 0.25) is 24.0 Å². The van der Waals surface area contributed by atoms with E-state index < -0.39 is 102 Å². The van der Waals surface area contributed by atoms with Crippen LogP contribution in [0, 0.1) is 5.92 Å². The number of amides is 11. The number of rotatable bonds is 44. The Morgan fingerprint density at radius 2 is 1.11 bits per heavy atom. The second kappa shape index (κ2) is 44.2. The van der Waals surface area contributed by atoms with Gasteiger partial charge in [0.15, 0.2) is 6.10 Å². The molecule has 642 valence electrons. The number of imide groups is 1. The van der Waals surface area contributed by atoms with E-state index in [9.17, 15) is 73.2 Å². The number of primary amides is 1. The number of fused-ring (bicyclic) bond motifs is 6. The Labute approximate surface area is 699 Å². The molecule has 10 N–H and O–H groups in total. The minimum absolute atomic E-state index is 0.00740. The third-order valence-corrected chi connectivity index (χ3v) is 21.7. The van der Waals surface area contributed by atoms with Gasteiger partial charge in [0, 0.05) is 118 Å². The molecule has 0 bridgehead atoms. The molecule has 0 aliphatic carbocycles. The van der Waals surface area contributed by atoms with Gasteiger partial charge in [0.05, 0.1) is 107 Å². The van der Waals surface area contributed by atoms with Crippen molar-refractivity contribution in [2.75, 3.05) is 160 Å². The third kappa shape index (κ3) is 24.1. The van der Waals surface area contributed by atoms with Crippen molar-refractivity contribution < 1.29 is 121 Å². The van der Waals surface area contributed by atoms with Crippen LogP contribution in [-0.2, 0) is 73.3 Å². The van der Waals surface area contributed by atoms with Gasteiger partial charge >= 0.3 is 24.2 Å². The smallest absolute Gasteiger partial charge is 0.415 e. The number of nitrogens with one attached hydrogen (secondary N) is 4. The summed E-state index contributed by atoms with van der Waals surface area (Å²) >= 11 is 14.2. The van der Waals surface area contributed by atoms with Gasteiger partial charge in [-0.25, -0.2) is 19.2 Å². The molecule has 11 amide bonds. The summed E-state index contributed by atoms with van der Waals surface area (Å²) in [4.78, 5) is 151. The molecule has 1 fully saturated rings. The summed E-state index contributed by atoms with van der Waals surface area (Å²) in [7, 11) is 2.98. The summed E-state index contributed by atoms with van der Waals surface area (Å²) < 4.78 is 56.2. The number of benzene rings is 5. The van der Waals surface area contributed by atoms with Gasteiger partial charge in [0.1, 0.15) is 48.5 Å². The fraction of sp³-hybridized carbons (Fsp3) is 0.469. The number of likely N-dealkylation sites (N-methyl/N-ethyl adjacent to an activating group) is 2. The highest BCUT2D eigenvalue weighted by Crippen LogP contribution is 2.49. The number of anilines is 3. The second-order valence-corrected chi connectivity index (χ2v) is 30.3. The number of ether oxygens (including phenoxy) is 10. The molecule has 9 atom stereocenters. The van der Waals surface area contributed by atoms with Crippen LogP contribution in [0.25, 0.3) is 21.5 Å². The van der Waals surface area contributed by atoms with E-state index in [1.54, 1.807) is 92.7 Å². The minimum Gasteiger partial charge on any atom is -0.479 e. The number of halogens is 2. The molecular formula is C81H98Cl2N10O25S. The van der Waals surface area contributed by atoms with E-state index in [4.69, 9.17) is 76.3 Å². The van der Waals surface area contributed by atoms with E-state index in [1.807, 2.05) is 12.1 Å². The van der Waals surface area contributed by atoms with Crippen molar-refractivity contribution in [1.82, 2.24) is 30.7 Å². The maximum Gasteiger partial charge on any atom is 0.415 e. The lowest BCUT2D eigenvalue weighted by Crippen LogP contribution is -2.61. The van der Waals surface area contributed by atoms with E-state index in [0.717, 1.165) is 21.8 Å². The lowest BCUT2D eigenvalue weighted by molar-refractivity contribution is -0.270. The summed E-state index contributed by atoms with van der Waals surface area (Å²) in [6.45, 7) is 7.22. The fourth-order valence-electron chi connectivity index (χ4n) is 13.6. The first-order valence-electron chi connectivity index (χ1n) is 38.7. The van der Waals surface area contributed by atoms with Crippen molar-refractivity contribution in [3.63, 3.8) is 0 Å². The number of alkyl halides is 2. The quantitative estimate of drug-likeness (QED) is 0.0131. The molecule has 5 aromatic carbocycles. The van der Waals surface area contributed by atoms with Crippen LogP contribution in [0.1, 0.15) is 81.0 Å². The van der Waals surface area contributed by atoms with Gasteiger partial charge in [-0.1, -0.05) is 74.5 Å². The van der Waals surface area contributed by atoms with Crippen LogP contribution in [-0.4, -0.2) is 288 Å².